The van der Waals surface area contributed by atoms with E-state index in [9.17, 15) is 20.4 Å². The van der Waals surface area contributed by atoms with Gasteiger partial charge in [-0.1, -0.05) is 69.2 Å². The monoisotopic (exact) mass is 683 g/mol. The van der Waals surface area contributed by atoms with E-state index in [1.165, 1.54) is 12.1 Å². The number of aliphatic hydroxyl groups is 2. The number of rotatable bonds is 19. The molecule has 5 aromatic rings. The fraction of sp³-hybridized carbons (Fsp3) is 0.359. The van der Waals surface area contributed by atoms with E-state index in [1.807, 2.05) is 42.5 Å². The van der Waals surface area contributed by atoms with Crippen molar-refractivity contribution in [1.29, 1.82) is 0 Å². The summed E-state index contributed by atoms with van der Waals surface area (Å²) in [5.74, 6) is 1.14. The lowest BCUT2D eigenvalue weighted by Gasteiger charge is -2.15. The van der Waals surface area contributed by atoms with Gasteiger partial charge in [0.15, 0.2) is 17.5 Å². The quantitative estimate of drug-likeness (QED) is 0.0700. The smallest absolute Gasteiger partial charge is 0.167 e. The van der Waals surface area contributed by atoms with Crippen LogP contribution in [0.2, 0.25) is 0 Å². The van der Waals surface area contributed by atoms with Gasteiger partial charge in [0, 0.05) is 30.9 Å². The third-order valence-electron chi connectivity index (χ3n) is 7.88. The van der Waals surface area contributed by atoms with Crippen molar-refractivity contribution in [2.45, 2.75) is 51.7 Å². The Bertz CT molecular complexity index is 1740. The van der Waals surface area contributed by atoms with Gasteiger partial charge in [-0.3, -0.25) is 0 Å². The molecule has 1 heterocycles. The normalized spacial score (nSPS) is 12.6. The van der Waals surface area contributed by atoms with E-state index in [0.29, 0.717) is 41.7 Å². The van der Waals surface area contributed by atoms with Gasteiger partial charge in [-0.25, -0.2) is 15.0 Å². The Morgan fingerprint density at radius 3 is 1.54 bits per heavy atom. The molecule has 0 amide bonds. The van der Waals surface area contributed by atoms with Crippen LogP contribution in [0.4, 0.5) is 0 Å². The zero-order valence-corrected chi connectivity index (χ0v) is 28.5. The highest BCUT2D eigenvalue weighted by atomic mass is 16.5. The molecule has 2 unspecified atom stereocenters. The molecule has 0 aliphatic heterocycles. The predicted molar refractivity (Wildman–Crippen MR) is 191 cm³/mol. The number of phenols is 2. The van der Waals surface area contributed by atoms with Crippen LogP contribution in [0, 0.1) is 0 Å². The predicted octanol–water partition coefficient (Wildman–Crippen LogP) is 6.55. The number of hydrogen-bond acceptors (Lipinski definition) is 11. The molecule has 0 bridgehead atoms. The fourth-order valence-electron chi connectivity index (χ4n) is 5.15. The maximum atomic E-state index is 11.1. The minimum Gasteiger partial charge on any atom is -0.507 e. The summed E-state index contributed by atoms with van der Waals surface area (Å²) in [5, 5.41) is 44.6. The highest BCUT2D eigenvalue weighted by Crippen LogP contribution is 2.36. The minimum atomic E-state index is -0.817. The summed E-state index contributed by atoms with van der Waals surface area (Å²) in [6.45, 7) is 5.60. The van der Waals surface area contributed by atoms with Gasteiger partial charge < -0.3 is 39.4 Å². The molecular formula is C39H45N3O8. The first-order valence-electron chi connectivity index (χ1n) is 17.0. The summed E-state index contributed by atoms with van der Waals surface area (Å²) >= 11 is 0. The molecule has 0 aliphatic rings. The average molecular weight is 684 g/mol. The van der Waals surface area contributed by atoms with Gasteiger partial charge >= 0.3 is 0 Å². The number of nitrogens with zero attached hydrogens (tertiary/aromatic N) is 3. The molecule has 4 aromatic carbocycles. The van der Waals surface area contributed by atoms with Crippen LogP contribution in [0.3, 0.4) is 0 Å². The van der Waals surface area contributed by atoms with E-state index in [1.54, 1.807) is 24.3 Å². The Labute approximate surface area is 292 Å². The molecule has 50 heavy (non-hydrogen) atoms. The fourth-order valence-corrected chi connectivity index (χ4v) is 5.15. The molecule has 0 saturated heterocycles. The highest BCUT2D eigenvalue weighted by Gasteiger charge is 2.19. The van der Waals surface area contributed by atoms with E-state index < -0.39 is 12.2 Å². The first-order chi connectivity index (χ1) is 24.4. The molecule has 0 fully saturated rings. The lowest BCUT2D eigenvalue weighted by molar-refractivity contribution is 0.0113. The maximum Gasteiger partial charge on any atom is 0.167 e. The summed E-state index contributed by atoms with van der Waals surface area (Å²) in [5.41, 5.74) is 1.39. The topological polar surface area (TPSA) is 157 Å². The molecule has 0 saturated carbocycles. The third-order valence-corrected chi connectivity index (χ3v) is 7.88. The maximum absolute atomic E-state index is 11.1. The van der Waals surface area contributed by atoms with E-state index in [2.05, 4.69) is 18.8 Å². The number of hydrogen-bond donors (Lipinski definition) is 4. The molecule has 2 atom stereocenters. The van der Waals surface area contributed by atoms with Crippen molar-refractivity contribution in [2.24, 2.45) is 0 Å². The molecule has 0 radical (unpaired) electrons. The number of aromatic nitrogens is 3. The molecule has 11 nitrogen and oxygen atoms in total. The van der Waals surface area contributed by atoms with Gasteiger partial charge in [0.25, 0.3) is 0 Å². The van der Waals surface area contributed by atoms with E-state index >= 15 is 0 Å². The van der Waals surface area contributed by atoms with Crippen molar-refractivity contribution in [3.05, 3.63) is 78.9 Å². The van der Waals surface area contributed by atoms with Crippen LogP contribution >= 0.6 is 0 Å². The molecule has 264 valence electrons. The Balaban J connectivity index is 1.42. The molecule has 0 spiro atoms. The van der Waals surface area contributed by atoms with Crippen molar-refractivity contribution in [2.75, 3.05) is 39.6 Å². The van der Waals surface area contributed by atoms with Crippen molar-refractivity contribution in [3.63, 3.8) is 0 Å². The summed E-state index contributed by atoms with van der Waals surface area (Å²) < 4.78 is 22.3. The molecule has 1 aromatic heterocycles. The van der Waals surface area contributed by atoms with Crippen molar-refractivity contribution in [3.8, 4) is 57.2 Å². The Hall–Kier alpha value is -4.81. The second kappa shape index (κ2) is 18.3. The molecular weight excluding hydrogens is 638 g/mol. The number of ether oxygens (including phenoxy) is 4. The van der Waals surface area contributed by atoms with Crippen LogP contribution in [0.5, 0.6) is 23.0 Å². The minimum absolute atomic E-state index is 0.00324. The van der Waals surface area contributed by atoms with Gasteiger partial charge in [-0.05, 0) is 47.9 Å². The average Bonchev–Trinajstić information content (AvgIpc) is 3.13. The molecule has 4 N–H and O–H groups in total. The van der Waals surface area contributed by atoms with E-state index in [-0.39, 0.29) is 49.6 Å². The van der Waals surface area contributed by atoms with E-state index in [4.69, 9.17) is 28.9 Å². The number of benzene rings is 4. The van der Waals surface area contributed by atoms with Gasteiger partial charge in [-0.2, -0.15) is 0 Å². The highest BCUT2D eigenvalue weighted by molar-refractivity contribution is 5.95. The van der Waals surface area contributed by atoms with Gasteiger partial charge in [0.1, 0.15) is 48.4 Å². The Morgan fingerprint density at radius 1 is 0.560 bits per heavy atom. The van der Waals surface area contributed by atoms with Crippen LogP contribution in [0.1, 0.15) is 39.5 Å². The van der Waals surface area contributed by atoms with Crippen LogP contribution < -0.4 is 9.47 Å². The van der Waals surface area contributed by atoms with Crippen LogP contribution in [0.15, 0.2) is 78.9 Å². The lowest BCUT2D eigenvalue weighted by Crippen LogP contribution is -2.23. The van der Waals surface area contributed by atoms with Crippen molar-refractivity contribution < 1.29 is 39.4 Å². The second-order valence-electron chi connectivity index (χ2n) is 12.0. The molecule has 0 aliphatic carbocycles. The number of aromatic hydroxyl groups is 2. The Kier molecular flexibility index (Phi) is 13.3. The third kappa shape index (κ3) is 9.88. The van der Waals surface area contributed by atoms with Crippen LogP contribution in [-0.4, -0.2) is 87.2 Å². The van der Waals surface area contributed by atoms with Crippen LogP contribution in [0.25, 0.3) is 44.9 Å². The van der Waals surface area contributed by atoms with Gasteiger partial charge in [0.05, 0.1) is 24.3 Å². The van der Waals surface area contributed by atoms with Crippen molar-refractivity contribution >= 4 is 10.8 Å². The lowest BCUT2D eigenvalue weighted by atomic mass is 10.0. The number of fused-ring (bicyclic) bond motifs is 1. The standard InChI is InChI=1S/C39H45N3O8/c1-3-5-18-47-22-27(43)24-49-29-14-16-33(35(45)20-29)38-40-37(32-13-9-11-26-10-7-8-12-31(26)32)41-39(42-38)34-17-15-30(21-36(34)46)50-25-28(44)23-48-19-6-4-2/h7-17,20-21,27-28,43-46H,3-6,18-19,22-25H2,1-2H3. The van der Waals surface area contributed by atoms with Gasteiger partial charge in [0.2, 0.25) is 0 Å². The summed E-state index contributed by atoms with van der Waals surface area (Å²) in [4.78, 5) is 14.2. The first-order valence-corrected chi connectivity index (χ1v) is 17.0. The zero-order valence-electron chi connectivity index (χ0n) is 28.5. The first kappa shape index (κ1) is 36.5. The largest absolute Gasteiger partial charge is 0.507 e. The summed E-state index contributed by atoms with van der Waals surface area (Å²) in [7, 11) is 0. The summed E-state index contributed by atoms with van der Waals surface area (Å²) in [6.07, 6.45) is 2.22. The van der Waals surface area contributed by atoms with Gasteiger partial charge in [-0.15, -0.1) is 0 Å². The summed E-state index contributed by atoms with van der Waals surface area (Å²) in [6, 6.07) is 23.2. The second-order valence-corrected chi connectivity index (χ2v) is 12.0. The molecule has 5 rings (SSSR count). The number of aliphatic hydroxyl groups excluding tert-OH is 2. The SMILES string of the molecule is CCCCOCC(O)COc1ccc(-c2nc(-c3ccc(OCC(O)COCCCC)cc3O)nc(-c3cccc4ccccc34)n2)c(O)c1. The van der Waals surface area contributed by atoms with E-state index in [0.717, 1.165) is 42.0 Å². The number of unbranched alkanes of at least 4 members (excludes halogenated alkanes) is 2. The number of phenolic OH excluding ortho intramolecular Hbond substituents is 2. The molecule has 11 heteroatoms. The van der Waals surface area contributed by atoms with Crippen molar-refractivity contribution in [1.82, 2.24) is 15.0 Å². The Morgan fingerprint density at radius 2 is 1.04 bits per heavy atom. The zero-order chi connectivity index (χ0) is 35.3. The van der Waals surface area contributed by atoms with Crippen LogP contribution in [-0.2, 0) is 9.47 Å².